The summed E-state index contributed by atoms with van der Waals surface area (Å²) in [5.74, 6) is 1.91. The predicted octanol–water partition coefficient (Wildman–Crippen LogP) is 3.85. The normalized spacial score (nSPS) is 21.3. The molecule has 1 aliphatic heterocycles. The maximum absolute atomic E-state index is 13.4. The Balaban J connectivity index is 1.26. The number of nitrogens with one attached hydrogen (secondary N) is 1. The van der Waals surface area contributed by atoms with Gasteiger partial charge >= 0.3 is 0 Å². The monoisotopic (exact) mass is 538 g/mol. The van der Waals surface area contributed by atoms with Crippen LogP contribution in [0.2, 0.25) is 0 Å². The van der Waals surface area contributed by atoms with Gasteiger partial charge in [-0.05, 0) is 62.8 Å². The molecule has 4 heterocycles. The lowest BCUT2D eigenvalue weighted by Gasteiger charge is -2.36. The molecule has 3 aromatic heterocycles. The van der Waals surface area contributed by atoms with Crippen molar-refractivity contribution in [3.63, 3.8) is 0 Å². The maximum Gasteiger partial charge on any atom is 0.256 e. The van der Waals surface area contributed by atoms with E-state index in [2.05, 4.69) is 15.3 Å². The second-order valence-electron chi connectivity index (χ2n) is 10.8. The first-order chi connectivity index (χ1) is 19.5. The number of aromatic nitrogens is 4. The largest absolute Gasteiger partial charge is 0.382 e. The molecular weight excluding hydrogens is 504 g/mol. The second kappa shape index (κ2) is 11.1. The fourth-order valence-corrected chi connectivity index (χ4v) is 5.99. The molecule has 1 unspecified atom stereocenters. The third-order valence-corrected chi connectivity index (χ3v) is 8.16. The lowest BCUT2D eigenvalue weighted by molar-refractivity contribution is -0.137. The number of fused-ring (bicyclic) bond motifs is 1. The van der Waals surface area contributed by atoms with Crippen LogP contribution in [0.25, 0.3) is 16.8 Å². The van der Waals surface area contributed by atoms with Gasteiger partial charge in [0.15, 0.2) is 0 Å². The fraction of sp³-hybridized carbons (Fsp3) is 0.367. The molecule has 206 valence electrons. The van der Waals surface area contributed by atoms with Crippen molar-refractivity contribution >= 4 is 29.0 Å². The number of carbonyl (C=O) groups is 2. The van der Waals surface area contributed by atoms with E-state index in [0.717, 1.165) is 62.0 Å². The highest BCUT2D eigenvalue weighted by Gasteiger charge is 2.33. The highest BCUT2D eigenvalue weighted by Crippen LogP contribution is 2.35. The van der Waals surface area contributed by atoms with Crippen LogP contribution in [0.4, 0.5) is 11.6 Å². The number of nitrogens with two attached hydrogens (primary N) is 2. The summed E-state index contributed by atoms with van der Waals surface area (Å²) in [6, 6.07) is 12.8. The summed E-state index contributed by atoms with van der Waals surface area (Å²) in [6.07, 6.45) is 10.6. The third-order valence-electron chi connectivity index (χ3n) is 8.16. The van der Waals surface area contributed by atoms with E-state index in [1.54, 1.807) is 36.7 Å². The summed E-state index contributed by atoms with van der Waals surface area (Å²) in [7, 11) is 0. The second-order valence-corrected chi connectivity index (χ2v) is 10.8. The van der Waals surface area contributed by atoms with Crippen molar-refractivity contribution in [2.24, 2.45) is 11.7 Å². The minimum Gasteiger partial charge on any atom is -0.382 e. The minimum atomic E-state index is -0.242. The quantitative estimate of drug-likeness (QED) is 0.350. The van der Waals surface area contributed by atoms with Crippen molar-refractivity contribution in [3.8, 4) is 11.3 Å². The Hall–Kier alpha value is -4.31. The van der Waals surface area contributed by atoms with Crippen LogP contribution in [0.5, 0.6) is 0 Å². The smallest absolute Gasteiger partial charge is 0.256 e. The van der Waals surface area contributed by atoms with Gasteiger partial charge in [0.2, 0.25) is 5.91 Å². The van der Waals surface area contributed by atoms with Crippen molar-refractivity contribution in [2.45, 2.75) is 50.5 Å². The standard InChI is InChI=1S/C30H34N8O2/c31-23-12-10-21(11-13-23)30(40)37-16-3-4-22(18-37)28-36-25(26-27(32)34-15-17-38(26)28)19-6-8-20(9-7-19)29(39)35-24-5-1-2-14-33-24/h1-2,5-9,14-15,17,21-23H,3-4,10-13,16,18,31H2,(H2,32,34)(H,33,35,39). The number of piperidine rings is 1. The number of hydrogen-bond acceptors (Lipinski definition) is 7. The Morgan fingerprint density at radius 2 is 1.75 bits per heavy atom. The third kappa shape index (κ3) is 5.14. The number of anilines is 2. The first kappa shape index (κ1) is 25.9. The molecule has 1 atom stereocenters. The van der Waals surface area contributed by atoms with E-state index in [-0.39, 0.29) is 29.7 Å². The number of imidazole rings is 1. The van der Waals surface area contributed by atoms with Crippen molar-refractivity contribution in [1.29, 1.82) is 0 Å². The Labute approximate surface area is 232 Å². The highest BCUT2D eigenvalue weighted by atomic mass is 16.2. The van der Waals surface area contributed by atoms with Gasteiger partial charge in [-0.2, -0.15) is 0 Å². The summed E-state index contributed by atoms with van der Waals surface area (Å²) in [4.78, 5) is 41.7. The molecule has 4 aromatic rings. The molecule has 1 saturated heterocycles. The van der Waals surface area contributed by atoms with E-state index in [4.69, 9.17) is 16.5 Å². The zero-order chi connectivity index (χ0) is 27.6. The lowest BCUT2D eigenvalue weighted by Crippen LogP contribution is -2.44. The summed E-state index contributed by atoms with van der Waals surface area (Å²) >= 11 is 0. The van der Waals surface area contributed by atoms with Crippen LogP contribution in [-0.4, -0.2) is 55.2 Å². The molecule has 2 fully saturated rings. The SMILES string of the molecule is Nc1nccn2c(C3CCCN(C(=O)C4CCC(N)CC4)C3)nc(-c3ccc(C(=O)Nc4ccccn4)cc3)c12. The van der Waals surface area contributed by atoms with Gasteiger partial charge in [0, 0.05) is 60.7 Å². The van der Waals surface area contributed by atoms with Crippen LogP contribution < -0.4 is 16.8 Å². The summed E-state index contributed by atoms with van der Waals surface area (Å²) in [5.41, 5.74) is 15.2. The van der Waals surface area contributed by atoms with Gasteiger partial charge in [0.1, 0.15) is 28.7 Å². The molecule has 1 aromatic carbocycles. The number of pyridine rings is 1. The topological polar surface area (TPSA) is 145 Å². The number of nitrogens with zero attached hydrogens (tertiary/aromatic N) is 5. The Morgan fingerprint density at radius 3 is 2.50 bits per heavy atom. The molecule has 1 saturated carbocycles. The predicted molar refractivity (Wildman–Crippen MR) is 154 cm³/mol. The van der Waals surface area contributed by atoms with Gasteiger partial charge in [0.05, 0.1) is 0 Å². The molecule has 2 aliphatic rings. The van der Waals surface area contributed by atoms with Gasteiger partial charge in [-0.25, -0.2) is 15.0 Å². The number of hydrogen-bond donors (Lipinski definition) is 3. The van der Waals surface area contributed by atoms with E-state index in [1.165, 1.54) is 0 Å². The zero-order valence-corrected chi connectivity index (χ0v) is 22.4. The minimum absolute atomic E-state index is 0.0689. The van der Waals surface area contributed by atoms with Gasteiger partial charge in [0.25, 0.3) is 5.91 Å². The van der Waals surface area contributed by atoms with Crippen LogP contribution in [0, 0.1) is 5.92 Å². The summed E-state index contributed by atoms with van der Waals surface area (Å²) in [5, 5.41) is 2.80. The van der Waals surface area contributed by atoms with E-state index in [0.29, 0.717) is 29.4 Å². The highest BCUT2D eigenvalue weighted by molar-refractivity contribution is 6.04. The van der Waals surface area contributed by atoms with Gasteiger partial charge < -0.3 is 21.7 Å². The van der Waals surface area contributed by atoms with Crippen LogP contribution in [0.15, 0.2) is 61.1 Å². The van der Waals surface area contributed by atoms with Crippen LogP contribution in [0.1, 0.15) is 60.6 Å². The Kier molecular flexibility index (Phi) is 7.17. The lowest BCUT2D eigenvalue weighted by atomic mass is 9.85. The zero-order valence-electron chi connectivity index (χ0n) is 22.4. The number of nitrogen functional groups attached to an aromatic ring is 1. The molecule has 10 nitrogen and oxygen atoms in total. The van der Waals surface area contributed by atoms with Gasteiger partial charge in [-0.3, -0.25) is 14.0 Å². The van der Waals surface area contributed by atoms with Crippen molar-refractivity contribution in [3.05, 3.63) is 72.4 Å². The first-order valence-corrected chi connectivity index (χ1v) is 14.0. The molecule has 5 N–H and O–H groups in total. The number of rotatable bonds is 5. The molecule has 10 heteroatoms. The van der Waals surface area contributed by atoms with Gasteiger partial charge in [-0.15, -0.1) is 0 Å². The van der Waals surface area contributed by atoms with E-state index < -0.39 is 0 Å². The molecule has 2 amide bonds. The maximum atomic E-state index is 13.4. The number of amides is 2. The Bertz CT molecular complexity index is 1510. The Morgan fingerprint density at radius 1 is 0.950 bits per heavy atom. The van der Waals surface area contributed by atoms with Crippen LogP contribution in [-0.2, 0) is 4.79 Å². The van der Waals surface area contributed by atoms with Gasteiger partial charge in [-0.1, -0.05) is 18.2 Å². The van der Waals surface area contributed by atoms with E-state index in [1.807, 2.05) is 33.7 Å². The van der Waals surface area contributed by atoms with Crippen molar-refractivity contribution in [1.82, 2.24) is 24.3 Å². The van der Waals surface area contributed by atoms with E-state index in [9.17, 15) is 9.59 Å². The average Bonchev–Trinajstić information content (AvgIpc) is 3.39. The molecule has 40 heavy (non-hydrogen) atoms. The molecule has 0 bridgehead atoms. The van der Waals surface area contributed by atoms with Crippen LogP contribution >= 0.6 is 0 Å². The van der Waals surface area contributed by atoms with Crippen molar-refractivity contribution in [2.75, 3.05) is 24.1 Å². The average molecular weight is 539 g/mol. The summed E-state index contributed by atoms with van der Waals surface area (Å²) < 4.78 is 2.01. The first-order valence-electron chi connectivity index (χ1n) is 14.0. The number of benzene rings is 1. The molecule has 0 radical (unpaired) electrons. The van der Waals surface area contributed by atoms with E-state index >= 15 is 0 Å². The van der Waals surface area contributed by atoms with Crippen LogP contribution in [0.3, 0.4) is 0 Å². The molecular formula is C30H34N8O2. The summed E-state index contributed by atoms with van der Waals surface area (Å²) in [6.45, 7) is 1.41. The number of carbonyl (C=O) groups excluding carboxylic acids is 2. The van der Waals surface area contributed by atoms with Crippen molar-refractivity contribution < 1.29 is 9.59 Å². The molecule has 6 rings (SSSR count). The molecule has 1 aliphatic carbocycles. The number of likely N-dealkylation sites (tertiary alicyclic amines) is 1. The fourth-order valence-electron chi connectivity index (χ4n) is 5.99. The molecule has 0 spiro atoms.